The maximum atomic E-state index is 14.0. The summed E-state index contributed by atoms with van der Waals surface area (Å²) in [6.45, 7) is -1.14. The van der Waals surface area contributed by atoms with Crippen molar-refractivity contribution in [1.29, 1.82) is 0 Å². The Morgan fingerprint density at radius 2 is 1.52 bits per heavy atom. The standard InChI is InChI=1S/C16H15F3O2/c17-12-6-5-11(15(19)7-12)8-16(9-20,10-21)13-3-1-2-4-14(13)18/h1-7,20-21H,8-10H2. The second-order valence-corrected chi connectivity index (χ2v) is 4.99. The van der Waals surface area contributed by atoms with E-state index in [1.807, 2.05) is 0 Å². The molecule has 0 radical (unpaired) electrons. The van der Waals surface area contributed by atoms with Gasteiger partial charge in [-0.1, -0.05) is 24.3 Å². The fourth-order valence-electron chi connectivity index (χ4n) is 2.35. The summed E-state index contributed by atoms with van der Waals surface area (Å²) in [7, 11) is 0. The second-order valence-electron chi connectivity index (χ2n) is 4.99. The molecule has 0 fully saturated rings. The Balaban J connectivity index is 2.46. The van der Waals surface area contributed by atoms with Crippen LogP contribution in [0.5, 0.6) is 0 Å². The predicted octanol–water partition coefficient (Wildman–Crippen LogP) is 2.57. The molecule has 2 N–H and O–H groups in total. The topological polar surface area (TPSA) is 40.5 Å². The van der Waals surface area contributed by atoms with Gasteiger partial charge in [0.1, 0.15) is 17.5 Å². The smallest absolute Gasteiger partial charge is 0.129 e. The van der Waals surface area contributed by atoms with E-state index in [0.717, 1.165) is 12.1 Å². The Morgan fingerprint density at radius 3 is 2.10 bits per heavy atom. The lowest BCUT2D eigenvalue weighted by Gasteiger charge is -2.31. The normalized spacial score (nSPS) is 11.7. The molecule has 0 aliphatic carbocycles. The zero-order valence-electron chi connectivity index (χ0n) is 11.2. The monoisotopic (exact) mass is 296 g/mol. The third-order valence-corrected chi connectivity index (χ3v) is 3.59. The van der Waals surface area contributed by atoms with E-state index in [1.165, 1.54) is 24.3 Å². The van der Waals surface area contributed by atoms with Crippen molar-refractivity contribution < 1.29 is 23.4 Å². The van der Waals surface area contributed by atoms with Gasteiger partial charge in [-0.2, -0.15) is 0 Å². The van der Waals surface area contributed by atoms with E-state index in [4.69, 9.17) is 0 Å². The van der Waals surface area contributed by atoms with Crippen molar-refractivity contribution >= 4 is 0 Å². The second kappa shape index (κ2) is 6.28. The first-order valence-electron chi connectivity index (χ1n) is 6.43. The number of halogens is 3. The molecular formula is C16H15F3O2. The van der Waals surface area contributed by atoms with Gasteiger partial charge in [0.2, 0.25) is 0 Å². The molecule has 112 valence electrons. The van der Waals surface area contributed by atoms with E-state index >= 15 is 0 Å². The average molecular weight is 296 g/mol. The molecule has 0 atom stereocenters. The van der Waals surface area contributed by atoms with E-state index in [1.54, 1.807) is 6.07 Å². The van der Waals surface area contributed by atoms with Crippen LogP contribution in [0.2, 0.25) is 0 Å². The molecule has 5 heteroatoms. The first kappa shape index (κ1) is 15.5. The zero-order chi connectivity index (χ0) is 15.5. The molecule has 0 spiro atoms. The first-order chi connectivity index (χ1) is 10.0. The summed E-state index contributed by atoms with van der Waals surface area (Å²) in [6, 6.07) is 8.72. The van der Waals surface area contributed by atoms with Gasteiger partial charge in [-0.15, -0.1) is 0 Å². The highest BCUT2D eigenvalue weighted by Crippen LogP contribution is 2.31. The van der Waals surface area contributed by atoms with Gasteiger partial charge in [0, 0.05) is 11.5 Å². The molecule has 0 saturated heterocycles. The van der Waals surface area contributed by atoms with Gasteiger partial charge in [0.15, 0.2) is 0 Å². The van der Waals surface area contributed by atoms with Crippen LogP contribution in [0.3, 0.4) is 0 Å². The highest BCUT2D eigenvalue weighted by molar-refractivity contribution is 5.32. The Labute approximate surface area is 120 Å². The Hall–Kier alpha value is -1.85. The molecule has 2 aromatic carbocycles. The number of rotatable bonds is 5. The molecule has 2 nitrogen and oxygen atoms in total. The van der Waals surface area contributed by atoms with Gasteiger partial charge in [-0.05, 0) is 29.7 Å². The van der Waals surface area contributed by atoms with Crippen LogP contribution in [0.25, 0.3) is 0 Å². The molecule has 21 heavy (non-hydrogen) atoms. The van der Waals surface area contributed by atoms with Crippen molar-refractivity contribution in [2.45, 2.75) is 11.8 Å². The number of hydrogen-bond donors (Lipinski definition) is 2. The number of aliphatic hydroxyl groups excluding tert-OH is 2. The van der Waals surface area contributed by atoms with E-state index in [0.29, 0.717) is 0 Å². The Morgan fingerprint density at radius 1 is 0.857 bits per heavy atom. The van der Waals surface area contributed by atoms with E-state index < -0.39 is 36.1 Å². The highest BCUT2D eigenvalue weighted by Gasteiger charge is 2.34. The largest absolute Gasteiger partial charge is 0.395 e. The lowest BCUT2D eigenvalue weighted by Crippen LogP contribution is -2.38. The van der Waals surface area contributed by atoms with Crippen LogP contribution < -0.4 is 0 Å². The zero-order valence-corrected chi connectivity index (χ0v) is 11.2. The SMILES string of the molecule is OCC(CO)(Cc1ccc(F)cc1F)c1ccccc1F. The molecule has 0 aromatic heterocycles. The summed E-state index contributed by atoms with van der Waals surface area (Å²) in [5, 5.41) is 19.3. The summed E-state index contributed by atoms with van der Waals surface area (Å²) in [4.78, 5) is 0. The summed E-state index contributed by atoms with van der Waals surface area (Å²) in [5.74, 6) is -2.11. The summed E-state index contributed by atoms with van der Waals surface area (Å²) in [6.07, 6.45) is -0.146. The van der Waals surface area contributed by atoms with Crippen LogP contribution in [0.1, 0.15) is 11.1 Å². The van der Waals surface area contributed by atoms with E-state index in [-0.39, 0.29) is 17.5 Å². The van der Waals surface area contributed by atoms with Crippen molar-refractivity contribution in [3.63, 3.8) is 0 Å². The third kappa shape index (κ3) is 3.09. The minimum atomic E-state index is -1.37. The van der Waals surface area contributed by atoms with Crippen LogP contribution in [0, 0.1) is 17.5 Å². The van der Waals surface area contributed by atoms with Gasteiger partial charge >= 0.3 is 0 Å². The highest BCUT2D eigenvalue weighted by atomic mass is 19.1. The Bertz CT molecular complexity index is 625. The van der Waals surface area contributed by atoms with E-state index in [2.05, 4.69) is 0 Å². The fraction of sp³-hybridized carbons (Fsp3) is 0.250. The molecular weight excluding hydrogens is 281 g/mol. The van der Waals surface area contributed by atoms with Gasteiger partial charge in [0.05, 0.1) is 13.2 Å². The maximum Gasteiger partial charge on any atom is 0.129 e. The first-order valence-corrected chi connectivity index (χ1v) is 6.43. The van der Waals surface area contributed by atoms with E-state index in [9.17, 15) is 23.4 Å². The van der Waals surface area contributed by atoms with Crippen LogP contribution in [0.15, 0.2) is 42.5 Å². The fourth-order valence-corrected chi connectivity index (χ4v) is 2.35. The van der Waals surface area contributed by atoms with Crippen LogP contribution >= 0.6 is 0 Å². The molecule has 0 aliphatic heterocycles. The van der Waals surface area contributed by atoms with Gasteiger partial charge in [-0.3, -0.25) is 0 Å². The number of aliphatic hydroxyl groups is 2. The lowest BCUT2D eigenvalue weighted by atomic mass is 9.76. The predicted molar refractivity (Wildman–Crippen MR) is 72.3 cm³/mol. The average Bonchev–Trinajstić information content (AvgIpc) is 2.48. The van der Waals surface area contributed by atoms with Gasteiger partial charge < -0.3 is 10.2 Å². The molecule has 2 rings (SSSR count). The minimum absolute atomic E-state index is 0.0960. The van der Waals surface area contributed by atoms with Crippen LogP contribution in [-0.4, -0.2) is 23.4 Å². The van der Waals surface area contributed by atoms with Crippen molar-refractivity contribution in [2.75, 3.05) is 13.2 Å². The maximum absolute atomic E-state index is 14.0. The molecule has 2 aromatic rings. The molecule has 0 unspecified atom stereocenters. The molecule has 0 aliphatic rings. The summed E-state index contributed by atoms with van der Waals surface area (Å²) < 4.78 is 40.7. The number of benzene rings is 2. The van der Waals surface area contributed by atoms with Crippen molar-refractivity contribution in [3.8, 4) is 0 Å². The minimum Gasteiger partial charge on any atom is -0.395 e. The van der Waals surface area contributed by atoms with Crippen molar-refractivity contribution in [3.05, 3.63) is 71.0 Å². The molecule has 0 heterocycles. The number of hydrogen-bond acceptors (Lipinski definition) is 2. The lowest BCUT2D eigenvalue weighted by molar-refractivity contribution is 0.112. The third-order valence-electron chi connectivity index (χ3n) is 3.59. The summed E-state index contributed by atoms with van der Waals surface area (Å²) in [5.41, 5.74) is -1.18. The van der Waals surface area contributed by atoms with Crippen LogP contribution in [0.4, 0.5) is 13.2 Å². The van der Waals surface area contributed by atoms with Gasteiger partial charge in [-0.25, -0.2) is 13.2 Å². The molecule has 0 bridgehead atoms. The van der Waals surface area contributed by atoms with Gasteiger partial charge in [0.25, 0.3) is 0 Å². The molecule has 0 saturated carbocycles. The van der Waals surface area contributed by atoms with Crippen molar-refractivity contribution in [2.24, 2.45) is 0 Å². The van der Waals surface area contributed by atoms with Crippen molar-refractivity contribution in [1.82, 2.24) is 0 Å². The Kier molecular flexibility index (Phi) is 4.65. The quantitative estimate of drug-likeness (QED) is 0.890. The summed E-state index contributed by atoms with van der Waals surface area (Å²) >= 11 is 0. The molecule has 0 amide bonds. The van der Waals surface area contributed by atoms with Crippen LogP contribution in [-0.2, 0) is 11.8 Å².